The van der Waals surface area contributed by atoms with Crippen molar-refractivity contribution in [3.8, 4) is 0 Å². The average Bonchev–Trinajstić information content (AvgIpc) is 1.93. The fourth-order valence-electron chi connectivity index (χ4n) is 4.18. The third kappa shape index (κ3) is 4.18. The summed E-state index contributed by atoms with van der Waals surface area (Å²) < 4.78 is 0. The van der Waals surface area contributed by atoms with Crippen molar-refractivity contribution in [2.75, 3.05) is 0 Å². The van der Waals surface area contributed by atoms with Crippen molar-refractivity contribution in [1.82, 2.24) is 0 Å². The van der Waals surface area contributed by atoms with Gasteiger partial charge in [-0.2, -0.15) is 0 Å². The Hall–Kier alpha value is 1.81. The molecule has 4 aliphatic carbocycles. The zero-order chi connectivity index (χ0) is 12.0. The van der Waals surface area contributed by atoms with Crippen LogP contribution in [0.15, 0.2) is 0 Å². The van der Waals surface area contributed by atoms with Crippen LogP contribution in [0, 0.1) is 17.8 Å². The molecule has 0 aromatic heterocycles. The molecule has 0 unspecified atom stereocenters. The molecular formula is C10H17Cl4NW. The van der Waals surface area contributed by atoms with Crippen molar-refractivity contribution in [2.45, 2.75) is 44.1 Å². The van der Waals surface area contributed by atoms with Crippen LogP contribution in [0.1, 0.15) is 38.5 Å². The second-order valence-electron chi connectivity index (χ2n) is 5.63. The summed E-state index contributed by atoms with van der Waals surface area (Å²) in [4.78, 5) is 0. The van der Waals surface area contributed by atoms with E-state index in [0.717, 1.165) is 17.8 Å². The molecular weight excluding hydrogens is 460 g/mol. The zero-order valence-corrected chi connectivity index (χ0v) is 14.9. The van der Waals surface area contributed by atoms with Crippen LogP contribution >= 0.6 is 37.7 Å². The molecule has 4 fully saturated rings. The van der Waals surface area contributed by atoms with Gasteiger partial charge in [0.1, 0.15) is 0 Å². The van der Waals surface area contributed by atoms with Crippen LogP contribution in [-0.4, -0.2) is 5.54 Å². The van der Waals surface area contributed by atoms with Gasteiger partial charge in [-0.3, -0.25) is 0 Å². The maximum absolute atomic E-state index is 6.32. The van der Waals surface area contributed by atoms with Gasteiger partial charge in [-0.05, 0) is 56.3 Å². The van der Waals surface area contributed by atoms with E-state index in [2.05, 4.69) is 0 Å². The van der Waals surface area contributed by atoms with E-state index < -0.39 is 11.9 Å². The molecule has 6 heteroatoms. The second kappa shape index (κ2) is 5.06. The number of nitrogens with two attached hydrogens (primary N) is 1. The van der Waals surface area contributed by atoms with Crippen molar-refractivity contribution >= 4 is 37.7 Å². The van der Waals surface area contributed by atoms with Gasteiger partial charge in [0.05, 0.1) is 0 Å². The molecule has 0 saturated heterocycles. The molecule has 0 aromatic rings. The first-order valence-corrected chi connectivity index (χ1v) is 20.2. The molecule has 4 rings (SSSR count). The molecule has 4 saturated carbocycles. The molecule has 0 aromatic carbocycles. The summed E-state index contributed by atoms with van der Waals surface area (Å²) in [5.41, 5.74) is 6.62. The van der Waals surface area contributed by atoms with E-state index in [1.807, 2.05) is 0 Å². The fraction of sp³-hybridized carbons (Fsp3) is 1.00. The molecule has 0 heterocycles. The van der Waals surface area contributed by atoms with Crippen LogP contribution < -0.4 is 5.73 Å². The normalized spacial score (nSPS) is 46.2. The van der Waals surface area contributed by atoms with Crippen LogP contribution in [0.3, 0.4) is 0 Å². The van der Waals surface area contributed by atoms with Gasteiger partial charge < -0.3 is 5.73 Å². The standard InChI is InChI=1S/C10H17N.4ClH.W/c11-10-4-7-1-8(5-10)3-9(2-7)6-10;;;;;/h7-9H,1-6,11H2;4*1H;/q;;;;;+4/p-4. The molecule has 16 heavy (non-hydrogen) atoms. The van der Waals surface area contributed by atoms with Crippen LogP contribution in [0.2, 0.25) is 0 Å². The van der Waals surface area contributed by atoms with Crippen molar-refractivity contribution in [3.63, 3.8) is 0 Å². The monoisotopic (exact) mass is 475 g/mol. The second-order valence-corrected chi connectivity index (χ2v) is 31.1. The molecule has 4 aliphatic rings. The minimum absolute atomic E-state index is 0.300. The topological polar surface area (TPSA) is 26.0 Å². The minimum atomic E-state index is -3.28. The van der Waals surface area contributed by atoms with Crippen LogP contribution in [0.5, 0.6) is 0 Å². The molecule has 4 bridgehead atoms. The van der Waals surface area contributed by atoms with E-state index in [1.54, 1.807) is 0 Å². The quantitative estimate of drug-likeness (QED) is 0.540. The third-order valence-corrected chi connectivity index (χ3v) is 4.09. The average molecular weight is 477 g/mol. The predicted molar refractivity (Wildman–Crippen MR) is 68.5 cm³/mol. The van der Waals surface area contributed by atoms with Crippen LogP contribution in [0.25, 0.3) is 0 Å². The number of halogens is 4. The van der Waals surface area contributed by atoms with Crippen molar-refractivity contribution < 1.29 is 11.9 Å². The summed E-state index contributed by atoms with van der Waals surface area (Å²) in [7, 11) is 20.1. The Bertz CT molecular complexity index is 225. The van der Waals surface area contributed by atoms with Gasteiger partial charge in [0.15, 0.2) is 0 Å². The van der Waals surface area contributed by atoms with Crippen molar-refractivity contribution in [1.29, 1.82) is 0 Å². The van der Waals surface area contributed by atoms with Crippen molar-refractivity contribution in [2.24, 2.45) is 23.5 Å². The van der Waals surface area contributed by atoms with Crippen LogP contribution in [0.4, 0.5) is 0 Å². The molecule has 2 N–H and O–H groups in total. The van der Waals surface area contributed by atoms with Gasteiger partial charge in [-0.1, -0.05) is 0 Å². The van der Waals surface area contributed by atoms with E-state index in [4.69, 9.17) is 43.4 Å². The molecule has 1 nitrogen and oxygen atoms in total. The van der Waals surface area contributed by atoms with E-state index in [-0.39, 0.29) is 0 Å². The molecule has 0 radical (unpaired) electrons. The Morgan fingerprint density at radius 1 is 0.812 bits per heavy atom. The molecule has 96 valence electrons. The van der Waals surface area contributed by atoms with E-state index in [9.17, 15) is 0 Å². The van der Waals surface area contributed by atoms with Gasteiger partial charge in [-0.15, -0.1) is 0 Å². The number of rotatable bonds is 0. The zero-order valence-electron chi connectivity index (χ0n) is 8.97. The van der Waals surface area contributed by atoms with Gasteiger partial charge in [0.25, 0.3) is 0 Å². The Morgan fingerprint density at radius 3 is 1.25 bits per heavy atom. The fourth-order valence-corrected chi connectivity index (χ4v) is 4.18. The Labute approximate surface area is 116 Å². The van der Waals surface area contributed by atoms with Gasteiger partial charge in [-0.25, -0.2) is 0 Å². The van der Waals surface area contributed by atoms with E-state index in [0.29, 0.717) is 5.54 Å². The van der Waals surface area contributed by atoms with Crippen LogP contribution in [-0.2, 0) is 11.9 Å². The van der Waals surface area contributed by atoms with E-state index in [1.165, 1.54) is 38.5 Å². The first-order chi connectivity index (χ1) is 7.23. The first kappa shape index (κ1) is 14.2. The predicted octanol–water partition coefficient (Wildman–Crippen LogP) is 4.67. The Kier molecular flexibility index (Phi) is 4.50. The SMILES string of the molecule is NC12CC3CC(CC(C3)C1)C2.[Cl][W]([Cl])([Cl])[Cl]. The van der Waals surface area contributed by atoms with E-state index >= 15 is 0 Å². The summed E-state index contributed by atoms with van der Waals surface area (Å²) in [6.45, 7) is 0. The number of hydrogen-bond acceptors (Lipinski definition) is 1. The summed E-state index contributed by atoms with van der Waals surface area (Å²) in [6, 6.07) is 0. The molecule has 0 spiro atoms. The van der Waals surface area contributed by atoms with Crippen molar-refractivity contribution in [3.05, 3.63) is 0 Å². The first-order valence-electron chi connectivity index (χ1n) is 5.64. The molecule has 0 aliphatic heterocycles. The molecule has 0 atom stereocenters. The third-order valence-electron chi connectivity index (χ3n) is 4.09. The van der Waals surface area contributed by atoms with Gasteiger partial charge in [0.2, 0.25) is 0 Å². The Balaban J connectivity index is 0.000000168. The summed E-state index contributed by atoms with van der Waals surface area (Å²) in [5, 5.41) is 0. The molecule has 0 amide bonds. The maximum atomic E-state index is 6.32. The summed E-state index contributed by atoms with van der Waals surface area (Å²) >= 11 is -3.28. The Morgan fingerprint density at radius 2 is 1.06 bits per heavy atom. The summed E-state index contributed by atoms with van der Waals surface area (Å²) in [6.07, 6.45) is 8.57. The summed E-state index contributed by atoms with van der Waals surface area (Å²) in [5.74, 6) is 3.06. The number of hydrogen-bond donors (Lipinski definition) is 1. The van der Waals surface area contributed by atoms with Gasteiger partial charge in [0, 0.05) is 5.54 Å². The van der Waals surface area contributed by atoms with Gasteiger partial charge >= 0.3 is 49.6 Å².